The summed E-state index contributed by atoms with van der Waals surface area (Å²) in [6.07, 6.45) is 5.30. The van der Waals surface area contributed by atoms with Gasteiger partial charge in [-0.3, -0.25) is 0 Å². The van der Waals surface area contributed by atoms with Gasteiger partial charge in [-0.15, -0.1) is 0 Å². The highest BCUT2D eigenvalue weighted by Gasteiger charge is 2.42. The topological polar surface area (TPSA) is 21.3 Å². The molecular formula is C8H15NO. The molecule has 1 aliphatic heterocycles. The maximum Gasteiger partial charge on any atom is 0.0683 e. The average molecular weight is 141 g/mol. The van der Waals surface area contributed by atoms with Crippen molar-refractivity contribution in [3.8, 4) is 0 Å². The Morgan fingerprint density at radius 3 is 2.80 bits per heavy atom. The van der Waals surface area contributed by atoms with Crippen LogP contribution in [0.5, 0.6) is 0 Å². The molecule has 1 aliphatic carbocycles. The molecule has 0 amide bonds. The molecule has 2 rings (SSSR count). The highest BCUT2D eigenvalue weighted by Crippen LogP contribution is 2.42. The Hall–Kier alpha value is -0.0800. The lowest BCUT2D eigenvalue weighted by molar-refractivity contribution is -0.0649. The van der Waals surface area contributed by atoms with Gasteiger partial charge in [-0.05, 0) is 38.5 Å². The molecule has 2 fully saturated rings. The monoisotopic (exact) mass is 141 g/mol. The van der Waals surface area contributed by atoms with E-state index in [1.807, 2.05) is 0 Å². The lowest BCUT2D eigenvalue weighted by atomic mass is 9.90. The molecule has 0 aromatic rings. The predicted octanol–water partition coefficient (Wildman–Crippen LogP) is 1.47. The minimum atomic E-state index is 0.318. The van der Waals surface area contributed by atoms with Crippen molar-refractivity contribution in [3.63, 3.8) is 0 Å². The summed E-state index contributed by atoms with van der Waals surface area (Å²) in [5, 5.41) is 0. The molecule has 0 aromatic heterocycles. The molecule has 1 unspecified atom stereocenters. The van der Waals surface area contributed by atoms with Crippen LogP contribution < -0.4 is 5.48 Å². The molecular weight excluding hydrogens is 126 g/mol. The number of hydroxylamine groups is 1. The summed E-state index contributed by atoms with van der Waals surface area (Å²) in [6.45, 7) is 3.17. The second kappa shape index (κ2) is 2.21. The minimum absolute atomic E-state index is 0.318. The summed E-state index contributed by atoms with van der Waals surface area (Å²) >= 11 is 0. The lowest BCUT2D eigenvalue weighted by Crippen LogP contribution is -2.47. The normalized spacial score (nSPS) is 41.7. The fourth-order valence-electron chi connectivity index (χ4n) is 1.79. The summed E-state index contributed by atoms with van der Waals surface area (Å²) in [4.78, 5) is 5.24. The van der Waals surface area contributed by atoms with Crippen LogP contribution in [0, 0.1) is 5.92 Å². The summed E-state index contributed by atoms with van der Waals surface area (Å²) in [5.74, 6) is 0.896. The Morgan fingerprint density at radius 1 is 1.50 bits per heavy atom. The van der Waals surface area contributed by atoms with Gasteiger partial charge in [0, 0.05) is 5.54 Å². The smallest absolute Gasteiger partial charge is 0.0683 e. The molecule has 1 N–H and O–H groups in total. The molecule has 1 saturated carbocycles. The van der Waals surface area contributed by atoms with Crippen LogP contribution in [0.25, 0.3) is 0 Å². The molecule has 0 aromatic carbocycles. The Kier molecular flexibility index (Phi) is 1.46. The minimum Gasteiger partial charge on any atom is -0.301 e. The van der Waals surface area contributed by atoms with Crippen LogP contribution in [0.3, 0.4) is 0 Å². The molecule has 1 heterocycles. The van der Waals surface area contributed by atoms with Crippen LogP contribution in [-0.2, 0) is 4.84 Å². The third kappa shape index (κ3) is 1.06. The van der Waals surface area contributed by atoms with Gasteiger partial charge >= 0.3 is 0 Å². The first-order valence-corrected chi connectivity index (χ1v) is 4.20. The molecule has 0 bridgehead atoms. The molecule has 2 heteroatoms. The first-order chi connectivity index (χ1) is 4.81. The highest BCUT2D eigenvalue weighted by atomic mass is 16.6. The average Bonchev–Trinajstić information content (AvgIpc) is 2.69. The molecule has 2 nitrogen and oxygen atoms in total. The van der Waals surface area contributed by atoms with Crippen molar-refractivity contribution in [1.29, 1.82) is 0 Å². The van der Waals surface area contributed by atoms with Crippen LogP contribution in [0.4, 0.5) is 0 Å². The van der Waals surface area contributed by atoms with E-state index in [2.05, 4.69) is 12.4 Å². The van der Waals surface area contributed by atoms with E-state index in [0.717, 1.165) is 12.5 Å². The Labute approximate surface area is 61.9 Å². The second-order valence-electron chi connectivity index (χ2n) is 3.75. The van der Waals surface area contributed by atoms with Gasteiger partial charge in [0.2, 0.25) is 0 Å². The Bertz CT molecular complexity index is 125. The zero-order valence-electron chi connectivity index (χ0n) is 6.52. The third-order valence-corrected chi connectivity index (χ3v) is 2.73. The molecule has 10 heavy (non-hydrogen) atoms. The largest absolute Gasteiger partial charge is 0.301 e. The van der Waals surface area contributed by atoms with E-state index < -0.39 is 0 Å². The van der Waals surface area contributed by atoms with Gasteiger partial charge in [0.25, 0.3) is 0 Å². The van der Waals surface area contributed by atoms with Crippen molar-refractivity contribution in [2.24, 2.45) is 5.92 Å². The van der Waals surface area contributed by atoms with E-state index in [4.69, 9.17) is 4.84 Å². The van der Waals surface area contributed by atoms with Gasteiger partial charge in [0.1, 0.15) is 0 Å². The number of nitrogens with one attached hydrogen (secondary N) is 1. The molecule has 0 radical (unpaired) electrons. The van der Waals surface area contributed by atoms with Crippen molar-refractivity contribution >= 4 is 0 Å². The number of hydrogen-bond acceptors (Lipinski definition) is 2. The first kappa shape index (κ1) is 6.62. The SMILES string of the molecule is CC1(C2CC2)CCCON1. The summed E-state index contributed by atoms with van der Waals surface area (Å²) in [6, 6.07) is 0. The van der Waals surface area contributed by atoms with Crippen molar-refractivity contribution in [3.05, 3.63) is 0 Å². The van der Waals surface area contributed by atoms with Crippen LogP contribution >= 0.6 is 0 Å². The number of hydrogen-bond donors (Lipinski definition) is 1. The summed E-state index contributed by atoms with van der Waals surface area (Å²) in [7, 11) is 0. The van der Waals surface area contributed by atoms with E-state index in [0.29, 0.717) is 5.54 Å². The van der Waals surface area contributed by atoms with Gasteiger partial charge in [0.15, 0.2) is 0 Å². The van der Waals surface area contributed by atoms with Crippen LogP contribution in [0.1, 0.15) is 32.6 Å². The summed E-state index contributed by atoms with van der Waals surface area (Å²) in [5.41, 5.74) is 3.48. The molecule has 1 atom stereocenters. The van der Waals surface area contributed by atoms with Crippen molar-refractivity contribution < 1.29 is 4.84 Å². The third-order valence-electron chi connectivity index (χ3n) is 2.73. The molecule has 58 valence electrons. The van der Waals surface area contributed by atoms with Crippen molar-refractivity contribution in [2.75, 3.05) is 6.61 Å². The molecule has 1 saturated heterocycles. The van der Waals surface area contributed by atoms with Crippen LogP contribution in [-0.4, -0.2) is 12.1 Å². The predicted molar refractivity (Wildman–Crippen MR) is 39.5 cm³/mol. The fourth-order valence-corrected chi connectivity index (χ4v) is 1.79. The fraction of sp³-hybridized carbons (Fsp3) is 1.00. The van der Waals surface area contributed by atoms with Gasteiger partial charge in [-0.2, -0.15) is 5.48 Å². The first-order valence-electron chi connectivity index (χ1n) is 4.20. The molecule has 0 spiro atoms. The van der Waals surface area contributed by atoms with Gasteiger partial charge in [-0.25, -0.2) is 0 Å². The van der Waals surface area contributed by atoms with Crippen molar-refractivity contribution in [2.45, 2.75) is 38.1 Å². The lowest BCUT2D eigenvalue weighted by Gasteiger charge is -2.34. The van der Waals surface area contributed by atoms with E-state index in [1.165, 1.54) is 25.7 Å². The highest BCUT2D eigenvalue weighted by molar-refractivity contribution is 4.96. The van der Waals surface area contributed by atoms with Gasteiger partial charge in [0.05, 0.1) is 6.61 Å². The second-order valence-corrected chi connectivity index (χ2v) is 3.75. The number of rotatable bonds is 1. The van der Waals surface area contributed by atoms with Crippen LogP contribution in [0.2, 0.25) is 0 Å². The van der Waals surface area contributed by atoms with Crippen LogP contribution in [0.15, 0.2) is 0 Å². The summed E-state index contributed by atoms with van der Waals surface area (Å²) < 4.78 is 0. The maximum atomic E-state index is 5.24. The standard InChI is InChI=1S/C8H15NO/c1-8(7-3-4-7)5-2-6-10-9-8/h7,9H,2-6H2,1H3. The zero-order chi connectivity index (χ0) is 7.03. The van der Waals surface area contributed by atoms with E-state index in [-0.39, 0.29) is 0 Å². The maximum absolute atomic E-state index is 5.24. The van der Waals surface area contributed by atoms with E-state index >= 15 is 0 Å². The van der Waals surface area contributed by atoms with Gasteiger partial charge < -0.3 is 4.84 Å². The van der Waals surface area contributed by atoms with E-state index in [9.17, 15) is 0 Å². The Morgan fingerprint density at radius 2 is 2.30 bits per heavy atom. The van der Waals surface area contributed by atoms with E-state index in [1.54, 1.807) is 0 Å². The quantitative estimate of drug-likeness (QED) is 0.597. The Balaban J connectivity index is 1.97. The van der Waals surface area contributed by atoms with Crippen molar-refractivity contribution in [1.82, 2.24) is 5.48 Å². The molecule has 2 aliphatic rings. The zero-order valence-corrected chi connectivity index (χ0v) is 6.52. The van der Waals surface area contributed by atoms with Gasteiger partial charge in [-0.1, -0.05) is 0 Å².